The van der Waals surface area contributed by atoms with Gasteiger partial charge in [-0.05, 0) is 65.7 Å². The molecule has 0 unspecified atom stereocenters. The van der Waals surface area contributed by atoms with Crippen molar-refractivity contribution in [2.24, 2.45) is 0 Å². The zero-order valence-electron chi connectivity index (χ0n) is 26.5. The van der Waals surface area contributed by atoms with Gasteiger partial charge in [-0.15, -0.1) is 0 Å². The topological polar surface area (TPSA) is 57.4 Å². The van der Waals surface area contributed by atoms with Gasteiger partial charge < -0.3 is 9.13 Å². The van der Waals surface area contributed by atoms with Gasteiger partial charge in [0.05, 0.1) is 45.5 Å². The number of benzene rings is 6. The second-order valence-corrected chi connectivity index (χ2v) is 12.3. The fourth-order valence-corrected chi connectivity index (χ4v) is 7.54. The van der Waals surface area contributed by atoms with Gasteiger partial charge in [0, 0.05) is 50.4 Å². The van der Waals surface area contributed by atoms with Crippen LogP contribution in [0.15, 0.2) is 163 Å². The van der Waals surface area contributed by atoms with Crippen LogP contribution in [0.25, 0.3) is 71.7 Å². The molecule has 0 fully saturated rings. The molecule has 4 nitrogen and oxygen atoms in total. The molecule has 8 aromatic rings. The molecule has 0 N–H and O–H groups in total. The first-order chi connectivity index (χ1) is 24.2. The molecule has 4 heteroatoms. The Kier molecular flexibility index (Phi) is 6.61. The second kappa shape index (κ2) is 11.4. The third-order valence-electron chi connectivity index (χ3n) is 9.62. The molecule has 228 valence electrons. The Morgan fingerprint density at radius 3 is 1.65 bits per heavy atom. The molecule has 0 saturated heterocycles. The first-order valence-electron chi connectivity index (χ1n) is 16.4. The molecule has 0 spiro atoms. The number of rotatable bonds is 4. The van der Waals surface area contributed by atoms with Crippen LogP contribution in [0.4, 0.5) is 0 Å². The summed E-state index contributed by atoms with van der Waals surface area (Å²) in [5, 5.41) is 25.6. The quantitative estimate of drug-likeness (QED) is 0.196. The van der Waals surface area contributed by atoms with Gasteiger partial charge in [-0.2, -0.15) is 10.5 Å². The predicted molar refractivity (Wildman–Crippen MR) is 201 cm³/mol. The van der Waals surface area contributed by atoms with Crippen molar-refractivity contribution in [1.29, 1.82) is 10.5 Å². The Bertz CT molecular complexity index is 2720. The maximum Gasteiger partial charge on any atom is 0.0998 e. The van der Waals surface area contributed by atoms with Crippen LogP contribution in [0.1, 0.15) is 17.5 Å². The van der Waals surface area contributed by atoms with E-state index in [0.29, 0.717) is 17.6 Å². The van der Waals surface area contributed by atoms with Crippen molar-refractivity contribution in [2.75, 3.05) is 0 Å². The first-order valence-corrected chi connectivity index (χ1v) is 16.4. The zero-order chi connectivity index (χ0) is 32.9. The SMILES string of the molecule is N#CC1=CC(c2c(C#N)cccc2-c2cccc(-n3c4ccccc4c4ccccc43)c2)=C(n2c3ccccc3c3ccccc32)C=CC1. The van der Waals surface area contributed by atoms with E-state index in [2.05, 4.69) is 161 Å². The lowest BCUT2D eigenvalue weighted by Gasteiger charge is -2.19. The van der Waals surface area contributed by atoms with Crippen LogP contribution in [0, 0.1) is 22.7 Å². The number of nitrogens with zero attached hydrogens (tertiary/aromatic N) is 4. The molecule has 1 aliphatic rings. The lowest BCUT2D eigenvalue weighted by Crippen LogP contribution is -2.02. The third-order valence-corrected chi connectivity index (χ3v) is 9.62. The van der Waals surface area contributed by atoms with Gasteiger partial charge in [-0.1, -0.05) is 103 Å². The Morgan fingerprint density at radius 2 is 1.08 bits per heavy atom. The van der Waals surface area contributed by atoms with Crippen LogP contribution >= 0.6 is 0 Å². The molecule has 2 heterocycles. The molecular formula is C45H28N4. The Labute approximate surface area is 283 Å². The van der Waals surface area contributed by atoms with Crippen molar-refractivity contribution in [2.45, 2.75) is 6.42 Å². The highest BCUT2D eigenvalue weighted by Gasteiger charge is 2.22. The summed E-state index contributed by atoms with van der Waals surface area (Å²) in [4.78, 5) is 0. The standard InChI is InChI=1S/C45H28N4/c46-28-30-12-9-25-44(49-42-23-7-3-18-37(42)38-19-4-8-24-43(38)49)39(26-30)45-32(29-47)14-11-20-34(45)31-13-10-15-33(27-31)48-40-21-5-1-16-35(40)36-17-2-6-22-41(36)48/h1-11,13-27H,12H2. The van der Waals surface area contributed by atoms with Crippen molar-refractivity contribution < 1.29 is 0 Å². The van der Waals surface area contributed by atoms with E-state index < -0.39 is 0 Å². The fourth-order valence-electron chi connectivity index (χ4n) is 7.54. The van der Waals surface area contributed by atoms with E-state index in [1.165, 1.54) is 10.8 Å². The van der Waals surface area contributed by atoms with Crippen molar-refractivity contribution in [3.05, 3.63) is 174 Å². The van der Waals surface area contributed by atoms with Crippen LogP contribution in [0.3, 0.4) is 0 Å². The van der Waals surface area contributed by atoms with Gasteiger partial charge in [0.25, 0.3) is 0 Å². The lowest BCUT2D eigenvalue weighted by atomic mass is 9.88. The maximum absolute atomic E-state index is 10.6. The molecule has 0 radical (unpaired) electrons. The van der Waals surface area contributed by atoms with E-state index in [-0.39, 0.29) is 0 Å². The summed E-state index contributed by atoms with van der Waals surface area (Å²) in [5.41, 5.74) is 11.1. The van der Waals surface area contributed by atoms with Crippen LogP contribution in [0.5, 0.6) is 0 Å². The molecule has 0 atom stereocenters. The van der Waals surface area contributed by atoms with E-state index in [9.17, 15) is 10.5 Å². The number of hydrogen-bond acceptors (Lipinski definition) is 2. The van der Waals surface area contributed by atoms with Gasteiger partial charge in [0.1, 0.15) is 0 Å². The Hall–Kier alpha value is -6.88. The molecule has 1 aliphatic carbocycles. The summed E-state index contributed by atoms with van der Waals surface area (Å²) in [6.45, 7) is 0. The minimum atomic E-state index is 0.508. The molecule has 49 heavy (non-hydrogen) atoms. The molecule has 0 saturated carbocycles. The van der Waals surface area contributed by atoms with E-state index in [4.69, 9.17) is 0 Å². The van der Waals surface area contributed by atoms with Gasteiger partial charge in [0.15, 0.2) is 0 Å². The fraction of sp³-hybridized carbons (Fsp3) is 0.0222. The summed E-state index contributed by atoms with van der Waals surface area (Å²) in [7, 11) is 0. The molecular weight excluding hydrogens is 597 g/mol. The maximum atomic E-state index is 10.6. The van der Waals surface area contributed by atoms with Gasteiger partial charge >= 0.3 is 0 Å². The van der Waals surface area contributed by atoms with Gasteiger partial charge in [0.2, 0.25) is 0 Å². The highest BCUT2D eigenvalue weighted by Crippen LogP contribution is 2.42. The molecule has 9 rings (SSSR count). The van der Waals surface area contributed by atoms with Crippen molar-refractivity contribution >= 4 is 54.9 Å². The average molecular weight is 625 g/mol. The van der Waals surface area contributed by atoms with Gasteiger partial charge in [-0.3, -0.25) is 0 Å². The number of hydrogen-bond donors (Lipinski definition) is 0. The smallest absolute Gasteiger partial charge is 0.0998 e. The minimum absolute atomic E-state index is 0.508. The molecule has 0 bridgehead atoms. The summed E-state index contributed by atoms with van der Waals surface area (Å²) in [6.07, 6.45) is 6.66. The normalized spacial score (nSPS) is 13.1. The summed E-state index contributed by atoms with van der Waals surface area (Å²) in [5.74, 6) is 0. The van der Waals surface area contributed by atoms with E-state index in [1.807, 2.05) is 18.2 Å². The van der Waals surface area contributed by atoms with E-state index in [1.54, 1.807) is 0 Å². The predicted octanol–water partition coefficient (Wildman–Crippen LogP) is 11.2. The zero-order valence-corrected chi connectivity index (χ0v) is 26.5. The second-order valence-electron chi connectivity index (χ2n) is 12.3. The summed E-state index contributed by atoms with van der Waals surface area (Å²) >= 11 is 0. The number of nitriles is 2. The average Bonchev–Trinajstić information content (AvgIpc) is 3.59. The van der Waals surface area contributed by atoms with Gasteiger partial charge in [-0.25, -0.2) is 0 Å². The van der Waals surface area contributed by atoms with Crippen LogP contribution < -0.4 is 0 Å². The first kappa shape index (κ1) is 28.4. The molecule has 2 aromatic heterocycles. The summed E-state index contributed by atoms with van der Waals surface area (Å²) in [6, 6.07) is 53.2. The Morgan fingerprint density at radius 1 is 0.531 bits per heavy atom. The highest BCUT2D eigenvalue weighted by atomic mass is 15.0. The number of fused-ring (bicyclic) bond motifs is 6. The molecule has 0 amide bonds. The third kappa shape index (κ3) is 4.43. The lowest BCUT2D eigenvalue weighted by molar-refractivity contribution is 1.18. The highest BCUT2D eigenvalue weighted by molar-refractivity contribution is 6.13. The number of allylic oxidation sites excluding steroid dienone is 6. The van der Waals surface area contributed by atoms with E-state index >= 15 is 0 Å². The number of aromatic nitrogens is 2. The van der Waals surface area contributed by atoms with Crippen molar-refractivity contribution in [3.63, 3.8) is 0 Å². The molecule has 6 aromatic carbocycles. The monoisotopic (exact) mass is 624 g/mol. The molecule has 0 aliphatic heterocycles. The van der Waals surface area contributed by atoms with Crippen LogP contribution in [-0.4, -0.2) is 9.13 Å². The largest absolute Gasteiger partial charge is 0.309 e. The van der Waals surface area contributed by atoms with Crippen LogP contribution in [0.2, 0.25) is 0 Å². The van der Waals surface area contributed by atoms with E-state index in [0.717, 1.165) is 66.5 Å². The number of para-hydroxylation sites is 4. The van der Waals surface area contributed by atoms with Crippen molar-refractivity contribution in [1.82, 2.24) is 9.13 Å². The van der Waals surface area contributed by atoms with Crippen LogP contribution in [-0.2, 0) is 0 Å². The minimum Gasteiger partial charge on any atom is -0.309 e. The van der Waals surface area contributed by atoms with Crippen molar-refractivity contribution in [3.8, 4) is 29.0 Å². The Balaban J connectivity index is 1.35. The summed E-state index contributed by atoms with van der Waals surface area (Å²) < 4.78 is 4.59.